The van der Waals surface area contributed by atoms with Crippen LogP contribution in [0.3, 0.4) is 0 Å². The maximum absolute atomic E-state index is 13.3. The Balaban J connectivity index is 1.89. The largest absolute Gasteiger partial charge is 0.493 e. The van der Waals surface area contributed by atoms with Gasteiger partial charge in [-0.1, -0.05) is 30.3 Å². The van der Waals surface area contributed by atoms with Crippen LogP contribution in [0.1, 0.15) is 24.3 Å². The Labute approximate surface area is 172 Å². The van der Waals surface area contributed by atoms with Gasteiger partial charge in [0.15, 0.2) is 11.5 Å². The van der Waals surface area contributed by atoms with E-state index in [1.54, 1.807) is 25.6 Å². The van der Waals surface area contributed by atoms with E-state index in [4.69, 9.17) is 9.47 Å². The van der Waals surface area contributed by atoms with E-state index in [0.29, 0.717) is 28.5 Å². The number of H-pyrrole nitrogens is 1. The number of nitrogens with one attached hydrogen (secondary N) is 1. The van der Waals surface area contributed by atoms with E-state index in [1.165, 1.54) is 18.4 Å². The van der Waals surface area contributed by atoms with Crippen molar-refractivity contribution in [2.75, 3.05) is 14.2 Å². The van der Waals surface area contributed by atoms with E-state index in [-0.39, 0.29) is 5.56 Å². The molecule has 0 amide bonds. The highest BCUT2D eigenvalue weighted by atomic mass is 32.1. The monoisotopic (exact) mass is 403 g/mol. The Bertz CT molecular complexity index is 1250. The van der Waals surface area contributed by atoms with Crippen molar-refractivity contribution in [3.05, 3.63) is 69.8 Å². The predicted octanol–water partition coefficient (Wildman–Crippen LogP) is 5.82. The number of ether oxygens (including phenoxy) is 2. The molecule has 5 heteroatoms. The number of aromatic nitrogens is 1. The van der Waals surface area contributed by atoms with Gasteiger partial charge in [0.05, 0.1) is 25.3 Å². The smallest absolute Gasteiger partial charge is 0.257 e. The van der Waals surface area contributed by atoms with Crippen molar-refractivity contribution in [1.82, 2.24) is 4.98 Å². The molecule has 1 aliphatic rings. The van der Waals surface area contributed by atoms with Crippen molar-refractivity contribution in [3.63, 3.8) is 0 Å². The van der Waals surface area contributed by atoms with Crippen LogP contribution < -0.4 is 15.0 Å². The van der Waals surface area contributed by atoms with Crippen LogP contribution in [0.5, 0.6) is 11.5 Å². The molecular weight excluding hydrogens is 382 g/mol. The topological polar surface area (TPSA) is 51.3 Å². The average Bonchev–Trinajstić information content (AvgIpc) is 3.47. The summed E-state index contributed by atoms with van der Waals surface area (Å²) < 4.78 is 11.1. The molecule has 0 bridgehead atoms. The second-order valence-corrected chi connectivity index (χ2v) is 8.25. The summed E-state index contributed by atoms with van der Waals surface area (Å²) in [6.45, 7) is 0. The highest BCUT2D eigenvalue weighted by Crippen LogP contribution is 2.45. The van der Waals surface area contributed by atoms with Gasteiger partial charge in [0.25, 0.3) is 5.56 Å². The van der Waals surface area contributed by atoms with E-state index in [9.17, 15) is 4.79 Å². The van der Waals surface area contributed by atoms with Crippen molar-refractivity contribution in [2.45, 2.75) is 18.8 Å². The average molecular weight is 404 g/mol. The molecule has 2 heterocycles. The van der Waals surface area contributed by atoms with Crippen molar-refractivity contribution < 1.29 is 9.47 Å². The maximum Gasteiger partial charge on any atom is 0.257 e. The molecule has 0 saturated heterocycles. The van der Waals surface area contributed by atoms with E-state index < -0.39 is 0 Å². The fourth-order valence-electron chi connectivity index (χ4n) is 4.00. The quantitative estimate of drug-likeness (QED) is 0.457. The molecule has 0 radical (unpaired) electrons. The van der Waals surface area contributed by atoms with Crippen LogP contribution in [-0.4, -0.2) is 19.2 Å². The van der Waals surface area contributed by atoms with Crippen molar-refractivity contribution in [2.24, 2.45) is 0 Å². The van der Waals surface area contributed by atoms with Gasteiger partial charge in [-0.3, -0.25) is 4.79 Å². The molecule has 0 spiro atoms. The van der Waals surface area contributed by atoms with Gasteiger partial charge >= 0.3 is 0 Å². The summed E-state index contributed by atoms with van der Waals surface area (Å²) in [6.07, 6.45) is 2.48. The molecule has 2 aromatic carbocycles. The van der Waals surface area contributed by atoms with Crippen molar-refractivity contribution >= 4 is 22.2 Å². The lowest BCUT2D eigenvalue weighted by Crippen LogP contribution is -2.11. The highest BCUT2D eigenvalue weighted by Gasteiger charge is 2.25. The lowest BCUT2D eigenvalue weighted by Gasteiger charge is -2.16. The zero-order valence-electron chi connectivity index (χ0n) is 16.3. The van der Waals surface area contributed by atoms with Gasteiger partial charge in [-0.05, 0) is 53.5 Å². The number of methoxy groups -OCH3 is 2. The molecule has 146 valence electrons. The Morgan fingerprint density at radius 1 is 1.00 bits per heavy atom. The first-order valence-electron chi connectivity index (χ1n) is 9.66. The second-order valence-electron chi connectivity index (χ2n) is 7.30. The van der Waals surface area contributed by atoms with Crippen molar-refractivity contribution in [1.29, 1.82) is 0 Å². The van der Waals surface area contributed by atoms with E-state index in [0.717, 1.165) is 21.4 Å². The Morgan fingerprint density at radius 2 is 1.86 bits per heavy atom. The first kappa shape index (κ1) is 18.0. The summed E-state index contributed by atoms with van der Waals surface area (Å²) in [5, 5.41) is 2.94. The maximum atomic E-state index is 13.3. The van der Waals surface area contributed by atoms with Crippen LogP contribution in [0.2, 0.25) is 0 Å². The molecule has 1 N–H and O–H groups in total. The van der Waals surface area contributed by atoms with Gasteiger partial charge in [0, 0.05) is 15.8 Å². The minimum atomic E-state index is -0.127. The Kier molecular flexibility index (Phi) is 4.40. The summed E-state index contributed by atoms with van der Waals surface area (Å²) in [6, 6.07) is 16.5. The number of hydrogen-bond acceptors (Lipinski definition) is 4. The van der Waals surface area contributed by atoms with Gasteiger partial charge in [0.2, 0.25) is 0 Å². The van der Waals surface area contributed by atoms with E-state index >= 15 is 0 Å². The number of aromatic amines is 1. The SMILES string of the molecule is COc1ccc2c(-c3cccc(C4CC4)c3)c(-c3cccs3)c(=O)[nH]c2c1OC. The van der Waals surface area contributed by atoms with Crippen LogP contribution in [0, 0.1) is 0 Å². The van der Waals surface area contributed by atoms with E-state index in [2.05, 4.69) is 29.2 Å². The van der Waals surface area contributed by atoms with E-state index in [1.807, 2.05) is 29.6 Å². The summed E-state index contributed by atoms with van der Waals surface area (Å²) in [5.74, 6) is 1.78. The van der Waals surface area contributed by atoms with Crippen LogP contribution >= 0.6 is 11.3 Å². The number of hydrogen-bond donors (Lipinski definition) is 1. The number of rotatable bonds is 5. The zero-order valence-corrected chi connectivity index (χ0v) is 17.1. The number of pyridine rings is 1. The molecular formula is C24H21NO3S. The molecule has 29 heavy (non-hydrogen) atoms. The zero-order chi connectivity index (χ0) is 20.0. The lowest BCUT2D eigenvalue weighted by atomic mass is 9.93. The second kappa shape index (κ2) is 7.08. The third-order valence-electron chi connectivity index (χ3n) is 5.52. The molecule has 1 saturated carbocycles. The molecule has 1 fully saturated rings. The minimum absolute atomic E-state index is 0.127. The van der Waals surface area contributed by atoms with Gasteiger partial charge < -0.3 is 14.5 Å². The first-order valence-corrected chi connectivity index (χ1v) is 10.5. The molecule has 0 aliphatic heterocycles. The number of fused-ring (bicyclic) bond motifs is 1. The molecule has 1 aliphatic carbocycles. The van der Waals surface area contributed by atoms with Crippen LogP contribution in [-0.2, 0) is 0 Å². The normalized spacial score (nSPS) is 13.6. The highest BCUT2D eigenvalue weighted by molar-refractivity contribution is 7.13. The summed E-state index contributed by atoms with van der Waals surface area (Å²) in [5.41, 5.74) is 4.57. The van der Waals surface area contributed by atoms with Crippen LogP contribution in [0.4, 0.5) is 0 Å². The first-order chi connectivity index (χ1) is 14.2. The van der Waals surface area contributed by atoms with Crippen LogP contribution in [0.25, 0.3) is 32.5 Å². The summed E-state index contributed by atoms with van der Waals surface area (Å²) in [7, 11) is 3.19. The molecule has 0 atom stereocenters. The standard InChI is InChI=1S/C24H21NO3S/c1-27-18-11-10-17-20(16-6-3-5-15(13-16)14-8-9-14)21(19-7-4-12-29-19)24(26)25-22(17)23(18)28-2/h3-7,10-14H,8-9H2,1-2H3,(H,25,26). The van der Waals surface area contributed by atoms with Gasteiger partial charge in [-0.15, -0.1) is 11.3 Å². The van der Waals surface area contributed by atoms with Gasteiger partial charge in [0.1, 0.15) is 0 Å². The lowest BCUT2D eigenvalue weighted by molar-refractivity contribution is 0.358. The van der Waals surface area contributed by atoms with Gasteiger partial charge in [-0.25, -0.2) is 0 Å². The number of thiophene rings is 1. The molecule has 4 nitrogen and oxygen atoms in total. The van der Waals surface area contributed by atoms with Crippen molar-refractivity contribution in [3.8, 4) is 33.1 Å². The third-order valence-corrected chi connectivity index (χ3v) is 6.41. The minimum Gasteiger partial charge on any atom is -0.493 e. The molecule has 2 aromatic heterocycles. The Morgan fingerprint density at radius 3 is 2.55 bits per heavy atom. The fraction of sp³-hybridized carbons (Fsp3) is 0.208. The fourth-order valence-corrected chi connectivity index (χ4v) is 4.78. The molecule has 5 rings (SSSR count). The third kappa shape index (κ3) is 3.02. The molecule has 0 unspecified atom stereocenters. The summed E-state index contributed by atoms with van der Waals surface area (Å²) in [4.78, 5) is 17.3. The molecule has 4 aromatic rings. The van der Waals surface area contributed by atoms with Crippen LogP contribution in [0.15, 0.2) is 58.7 Å². The number of benzene rings is 2. The van der Waals surface area contributed by atoms with Gasteiger partial charge in [-0.2, -0.15) is 0 Å². The predicted molar refractivity (Wildman–Crippen MR) is 118 cm³/mol. The Hall–Kier alpha value is -3.05. The summed E-state index contributed by atoms with van der Waals surface area (Å²) >= 11 is 1.57.